The third-order valence-electron chi connectivity index (χ3n) is 3.61. The molecule has 0 aromatic heterocycles. The van der Waals surface area contributed by atoms with E-state index in [4.69, 9.17) is 4.74 Å². The summed E-state index contributed by atoms with van der Waals surface area (Å²) in [5.41, 5.74) is 2.02. The van der Waals surface area contributed by atoms with Crippen LogP contribution in [-0.4, -0.2) is 19.1 Å². The summed E-state index contributed by atoms with van der Waals surface area (Å²) in [5, 5.41) is 2.90. The molecule has 0 saturated heterocycles. The van der Waals surface area contributed by atoms with Crippen LogP contribution < -0.4 is 10.1 Å². The van der Waals surface area contributed by atoms with Crippen molar-refractivity contribution in [2.24, 2.45) is 0 Å². The van der Waals surface area contributed by atoms with Crippen molar-refractivity contribution in [1.29, 1.82) is 0 Å². The minimum absolute atomic E-state index is 0.00230. The normalized spacial score (nSPS) is 10.5. The van der Waals surface area contributed by atoms with E-state index < -0.39 is 0 Å². The van der Waals surface area contributed by atoms with Crippen molar-refractivity contribution in [3.8, 4) is 5.75 Å². The molecule has 0 saturated carbocycles. The fourth-order valence-corrected chi connectivity index (χ4v) is 2.81. The number of nitrogens with one attached hydrogen (secondary N) is 1. The second-order valence-corrected chi connectivity index (χ2v) is 6.24. The summed E-state index contributed by atoms with van der Waals surface area (Å²) in [6.07, 6.45) is 1.72. The highest BCUT2D eigenvalue weighted by atomic mass is 79.9. The number of benzene rings is 2. The summed E-state index contributed by atoms with van der Waals surface area (Å²) in [5.74, 6) is 0.558. The lowest BCUT2D eigenvalue weighted by Gasteiger charge is -2.10. The number of carbonyl (C=O) groups is 1. The Morgan fingerprint density at radius 1 is 1.21 bits per heavy atom. The van der Waals surface area contributed by atoms with Gasteiger partial charge in [-0.3, -0.25) is 4.79 Å². The van der Waals surface area contributed by atoms with Gasteiger partial charge < -0.3 is 10.1 Å². The van der Waals surface area contributed by atoms with E-state index in [2.05, 4.69) is 21.2 Å². The van der Waals surface area contributed by atoms with E-state index in [0.717, 1.165) is 16.9 Å². The fraction of sp³-hybridized carbons (Fsp3) is 0.316. The zero-order valence-electron chi connectivity index (χ0n) is 13.6. The van der Waals surface area contributed by atoms with Crippen LogP contribution in [0.1, 0.15) is 24.5 Å². The fourth-order valence-electron chi connectivity index (χ4n) is 2.38. The Hall–Kier alpha value is -1.88. The van der Waals surface area contributed by atoms with Crippen LogP contribution in [-0.2, 0) is 17.6 Å². The molecule has 0 bridgehead atoms. The second-order valence-electron chi connectivity index (χ2n) is 5.39. The average molecular weight is 394 g/mol. The molecule has 1 N–H and O–H groups in total. The molecule has 24 heavy (non-hydrogen) atoms. The van der Waals surface area contributed by atoms with Gasteiger partial charge in [0.2, 0.25) is 5.91 Å². The van der Waals surface area contributed by atoms with Gasteiger partial charge in [0, 0.05) is 13.0 Å². The van der Waals surface area contributed by atoms with E-state index in [9.17, 15) is 9.18 Å². The van der Waals surface area contributed by atoms with Crippen molar-refractivity contribution < 1.29 is 13.9 Å². The predicted molar refractivity (Wildman–Crippen MR) is 96.7 cm³/mol. The van der Waals surface area contributed by atoms with Crippen LogP contribution in [0.15, 0.2) is 46.9 Å². The first-order valence-corrected chi connectivity index (χ1v) is 8.80. The van der Waals surface area contributed by atoms with Gasteiger partial charge in [0.25, 0.3) is 0 Å². The van der Waals surface area contributed by atoms with Gasteiger partial charge in [0.05, 0.1) is 11.1 Å². The van der Waals surface area contributed by atoms with Gasteiger partial charge in [-0.15, -0.1) is 0 Å². The molecule has 0 atom stereocenters. The quantitative estimate of drug-likeness (QED) is 0.726. The molecular formula is C19H21BrFNO2. The van der Waals surface area contributed by atoms with Crippen LogP contribution in [0.2, 0.25) is 0 Å². The zero-order chi connectivity index (χ0) is 17.4. The SMILES string of the molecule is CCOc1ccccc1CCC(=O)NCCc1ccc(F)c(Br)c1. The first kappa shape index (κ1) is 18.5. The number of halogens is 2. The Bertz CT molecular complexity index is 691. The standard InChI is InChI=1S/C19H21BrFNO2/c1-2-24-18-6-4-3-5-15(18)8-10-19(23)22-12-11-14-7-9-17(21)16(20)13-14/h3-7,9,13H,2,8,10-12H2,1H3,(H,22,23). The van der Waals surface area contributed by atoms with Gasteiger partial charge in [-0.05, 0) is 65.0 Å². The lowest BCUT2D eigenvalue weighted by molar-refractivity contribution is -0.121. The van der Waals surface area contributed by atoms with E-state index in [1.807, 2.05) is 31.2 Å². The van der Waals surface area contributed by atoms with Gasteiger partial charge in [0.15, 0.2) is 0 Å². The number of hydrogen-bond acceptors (Lipinski definition) is 2. The van der Waals surface area contributed by atoms with Crippen molar-refractivity contribution >= 4 is 21.8 Å². The second kappa shape index (κ2) is 9.42. The van der Waals surface area contributed by atoms with E-state index in [1.54, 1.807) is 12.1 Å². The van der Waals surface area contributed by atoms with Crippen molar-refractivity contribution in [3.63, 3.8) is 0 Å². The third kappa shape index (κ3) is 5.64. The number of amides is 1. The highest BCUT2D eigenvalue weighted by Crippen LogP contribution is 2.19. The smallest absolute Gasteiger partial charge is 0.220 e. The van der Waals surface area contributed by atoms with Gasteiger partial charge in [0.1, 0.15) is 11.6 Å². The summed E-state index contributed by atoms with van der Waals surface area (Å²) in [6, 6.07) is 12.7. The minimum atomic E-state index is -0.282. The molecule has 1 amide bonds. The van der Waals surface area contributed by atoms with Gasteiger partial charge in [-0.1, -0.05) is 24.3 Å². The van der Waals surface area contributed by atoms with Crippen molar-refractivity contribution in [1.82, 2.24) is 5.32 Å². The molecule has 2 aromatic carbocycles. The van der Waals surface area contributed by atoms with Crippen LogP contribution in [0.25, 0.3) is 0 Å². The number of rotatable bonds is 8. The van der Waals surface area contributed by atoms with Crippen LogP contribution in [0.4, 0.5) is 4.39 Å². The highest BCUT2D eigenvalue weighted by molar-refractivity contribution is 9.10. The topological polar surface area (TPSA) is 38.3 Å². The molecule has 0 spiro atoms. The predicted octanol–water partition coefficient (Wildman–Crippen LogP) is 4.28. The molecule has 2 aromatic rings. The van der Waals surface area contributed by atoms with Gasteiger partial charge in [-0.2, -0.15) is 0 Å². The number of aryl methyl sites for hydroxylation is 1. The van der Waals surface area contributed by atoms with E-state index in [1.165, 1.54) is 6.07 Å². The van der Waals surface area contributed by atoms with Crippen LogP contribution >= 0.6 is 15.9 Å². The van der Waals surface area contributed by atoms with Crippen molar-refractivity contribution in [2.75, 3.05) is 13.2 Å². The molecule has 0 aliphatic heterocycles. The average Bonchev–Trinajstić information content (AvgIpc) is 2.57. The first-order chi connectivity index (χ1) is 11.6. The number of hydrogen-bond donors (Lipinski definition) is 1. The van der Waals surface area contributed by atoms with Gasteiger partial charge in [-0.25, -0.2) is 4.39 Å². The van der Waals surface area contributed by atoms with Gasteiger partial charge >= 0.3 is 0 Å². The molecule has 2 rings (SSSR count). The summed E-state index contributed by atoms with van der Waals surface area (Å²) < 4.78 is 19.2. The number of carbonyl (C=O) groups excluding carboxylic acids is 1. The van der Waals surface area contributed by atoms with E-state index in [0.29, 0.717) is 36.9 Å². The zero-order valence-corrected chi connectivity index (χ0v) is 15.2. The Morgan fingerprint density at radius 2 is 2.00 bits per heavy atom. The Balaban J connectivity index is 1.76. The molecule has 3 nitrogen and oxygen atoms in total. The lowest BCUT2D eigenvalue weighted by atomic mass is 10.1. The molecule has 0 aliphatic rings. The Labute approximate surface area is 150 Å². The molecular weight excluding hydrogens is 373 g/mol. The van der Waals surface area contributed by atoms with Crippen LogP contribution in [0, 0.1) is 5.82 Å². The monoisotopic (exact) mass is 393 g/mol. The largest absolute Gasteiger partial charge is 0.494 e. The molecule has 0 fully saturated rings. The molecule has 0 radical (unpaired) electrons. The summed E-state index contributed by atoms with van der Waals surface area (Å²) in [7, 11) is 0. The lowest BCUT2D eigenvalue weighted by Crippen LogP contribution is -2.25. The molecule has 0 heterocycles. The first-order valence-electron chi connectivity index (χ1n) is 8.01. The molecule has 0 aliphatic carbocycles. The maximum atomic E-state index is 13.2. The molecule has 128 valence electrons. The van der Waals surface area contributed by atoms with Crippen LogP contribution in [0.3, 0.4) is 0 Å². The summed E-state index contributed by atoms with van der Waals surface area (Å²) >= 11 is 3.16. The molecule has 5 heteroatoms. The Kier molecular flexibility index (Phi) is 7.25. The maximum Gasteiger partial charge on any atom is 0.220 e. The maximum absolute atomic E-state index is 13.2. The third-order valence-corrected chi connectivity index (χ3v) is 4.22. The van der Waals surface area contributed by atoms with Crippen molar-refractivity contribution in [3.05, 3.63) is 63.9 Å². The van der Waals surface area contributed by atoms with Crippen LogP contribution in [0.5, 0.6) is 5.75 Å². The van der Waals surface area contributed by atoms with E-state index >= 15 is 0 Å². The summed E-state index contributed by atoms with van der Waals surface area (Å²) in [6.45, 7) is 3.08. The van der Waals surface area contributed by atoms with E-state index in [-0.39, 0.29) is 11.7 Å². The Morgan fingerprint density at radius 3 is 2.75 bits per heavy atom. The molecule has 0 unspecified atom stereocenters. The highest BCUT2D eigenvalue weighted by Gasteiger charge is 2.07. The van der Waals surface area contributed by atoms with Crippen molar-refractivity contribution in [2.45, 2.75) is 26.2 Å². The number of ether oxygens (including phenoxy) is 1. The minimum Gasteiger partial charge on any atom is -0.494 e. The number of para-hydroxylation sites is 1. The summed E-state index contributed by atoms with van der Waals surface area (Å²) in [4.78, 5) is 12.0.